The number of hydrogen-bond donors (Lipinski definition) is 1. The van der Waals surface area contributed by atoms with Crippen molar-refractivity contribution in [1.29, 1.82) is 0 Å². The van der Waals surface area contributed by atoms with Crippen LogP contribution in [0.3, 0.4) is 0 Å². The molecule has 5 heteroatoms. The smallest absolute Gasteiger partial charge is 0.0651 e. The Kier molecular flexibility index (Phi) is 4.48. The maximum Gasteiger partial charge on any atom is 0.0651 e. The van der Waals surface area contributed by atoms with E-state index < -0.39 is 0 Å². The second-order valence-corrected chi connectivity index (χ2v) is 5.79. The number of nitrogens with one attached hydrogen (secondary N) is 1. The molecule has 0 fully saturated rings. The summed E-state index contributed by atoms with van der Waals surface area (Å²) in [4.78, 5) is 0. The first-order chi connectivity index (χ1) is 8.63. The molecule has 2 rings (SSSR count). The van der Waals surface area contributed by atoms with Crippen molar-refractivity contribution in [3.05, 3.63) is 43.8 Å². The topological polar surface area (TPSA) is 37.8 Å². The van der Waals surface area contributed by atoms with Gasteiger partial charge in [0.25, 0.3) is 0 Å². The zero-order chi connectivity index (χ0) is 13.1. The molecule has 2 heterocycles. The van der Waals surface area contributed by atoms with Gasteiger partial charge in [-0.25, -0.2) is 0 Å². The van der Waals surface area contributed by atoms with E-state index in [1.165, 1.54) is 11.1 Å². The predicted molar refractivity (Wildman–Crippen MR) is 79.0 cm³/mol. The summed E-state index contributed by atoms with van der Waals surface area (Å²) in [6.07, 6.45) is 0. The maximum atomic E-state index is 4.22. The van der Waals surface area contributed by atoms with Crippen LogP contribution in [0.1, 0.15) is 35.5 Å². The second-order valence-electron chi connectivity index (χ2n) is 4.19. The van der Waals surface area contributed by atoms with Gasteiger partial charge in [-0.1, -0.05) is 6.92 Å². The summed E-state index contributed by atoms with van der Waals surface area (Å²) in [6, 6.07) is 2.28. The average molecular weight is 326 g/mol. The highest BCUT2D eigenvalue weighted by Crippen LogP contribution is 2.32. The van der Waals surface area contributed by atoms with Crippen molar-refractivity contribution in [1.82, 2.24) is 15.5 Å². The molecule has 2 aromatic heterocycles. The number of halogens is 1. The Morgan fingerprint density at radius 2 is 2.06 bits per heavy atom. The van der Waals surface area contributed by atoms with Crippen molar-refractivity contribution in [2.75, 3.05) is 6.54 Å². The van der Waals surface area contributed by atoms with Crippen molar-refractivity contribution < 1.29 is 0 Å². The molecule has 2 aromatic rings. The lowest BCUT2D eigenvalue weighted by Gasteiger charge is -2.19. The van der Waals surface area contributed by atoms with Crippen LogP contribution in [0.2, 0.25) is 0 Å². The fourth-order valence-electron chi connectivity index (χ4n) is 1.95. The molecule has 1 N–H and O–H groups in total. The Morgan fingerprint density at radius 3 is 2.67 bits per heavy atom. The van der Waals surface area contributed by atoms with E-state index in [0.29, 0.717) is 0 Å². The van der Waals surface area contributed by atoms with E-state index >= 15 is 0 Å². The van der Waals surface area contributed by atoms with Crippen LogP contribution in [0.25, 0.3) is 0 Å². The van der Waals surface area contributed by atoms with Crippen LogP contribution in [-0.4, -0.2) is 16.7 Å². The molecule has 0 aliphatic rings. The largest absolute Gasteiger partial charge is 0.306 e. The lowest BCUT2D eigenvalue weighted by atomic mass is 10.00. The molecule has 0 bridgehead atoms. The Bertz CT molecular complexity index is 539. The fourth-order valence-corrected chi connectivity index (χ4v) is 3.50. The highest BCUT2D eigenvalue weighted by atomic mass is 79.9. The third-order valence-electron chi connectivity index (χ3n) is 2.81. The molecule has 1 atom stereocenters. The second kappa shape index (κ2) is 5.91. The van der Waals surface area contributed by atoms with Gasteiger partial charge in [0, 0.05) is 9.85 Å². The molecular formula is C13H16BrN3S. The Labute approximate surface area is 120 Å². The van der Waals surface area contributed by atoms with Crippen LogP contribution in [0.4, 0.5) is 0 Å². The molecule has 18 heavy (non-hydrogen) atoms. The Morgan fingerprint density at radius 1 is 1.28 bits per heavy atom. The SMILES string of the molecule is CCNC(c1cscc1Br)c1cc(C)nnc1C. The number of thiophene rings is 1. The quantitative estimate of drug-likeness (QED) is 0.932. The predicted octanol–water partition coefficient (Wildman–Crippen LogP) is 3.62. The van der Waals surface area contributed by atoms with Crippen molar-refractivity contribution in [2.45, 2.75) is 26.8 Å². The van der Waals surface area contributed by atoms with Gasteiger partial charge < -0.3 is 5.32 Å². The van der Waals surface area contributed by atoms with Gasteiger partial charge in [0.05, 0.1) is 17.4 Å². The maximum absolute atomic E-state index is 4.22. The molecule has 96 valence electrons. The van der Waals surface area contributed by atoms with Crippen molar-refractivity contribution in [2.24, 2.45) is 0 Å². The monoisotopic (exact) mass is 325 g/mol. The van der Waals surface area contributed by atoms with E-state index in [-0.39, 0.29) is 6.04 Å². The van der Waals surface area contributed by atoms with Crippen LogP contribution in [0, 0.1) is 13.8 Å². The van der Waals surface area contributed by atoms with E-state index in [9.17, 15) is 0 Å². The van der Waals surface area contributed by atoms with Crippen molar-refractivity contribution in [3.8, 4) is 0 Å². The van der Waals surface area contributed by atoms with E-state index in [1.54, 1.807) is 11.3 Å². The summed E-state index contributed by atoms with van der Waals surface area (Å²) in [5.41, 5.74) is 4.38. The first kappa shape index (κ1) is 13.6. The molecule has 0 aromatic carbocycles. The minimum Gasteiger partial charge on any atom is -0.306 e. The van der Waals surface area contributed by atoms with Crippen LogP contribution in [-0.2, 0) is 0 Å². The van der Waals surface area contributed by atoms with Gasteiger partial charge in [-0.2, -0.15) is 21.5 Å². The first-order valence-corrected chi connectivity index (χ1v) is 7.62. The minimum absolute atomic E-state index is 0.171. The van der Waals surface area contributed by atoms with E-state index in [4.69, 9.17) is 0 Å². The molecule has 0 aliphatic heterocycles. The third kappa shape index (κ3) is 2.79. The van der Waals surface area contributed by atoms with Crippen LogP contribution < -0.4 is 5.32 Å². The molecule has 0 saturated heterocycles. The summed E-state index contributed by atoms with van der Waals surface area (Å²) >= 11 is 5.31. The zero-order valence-corrected chi connectivity index (χ0v) is 13.1. The van der Waals surface area contributed by atoms with Gasteiger partial charge in [0.15, 0.2) is 0 Å². The zero-order valence-electron chi connectivity index (χ0n) is 10.7. The van der Waals surface area contributed by atoms with Gasteiger partial charge >= 0.3 is 0 Å². The summed E-state index contributed by atoms with van der Waals surface area (Å²) in [5.74, 6) is 0. The van der Waals surface area contributed by atoms with Crippen LogP contribution >= 0.6 is 27.3 Å². The summed E-state index contributed by atoms with van der Waals surface area (Å²) in [6.45, 7) is 7.01. The van der Waals surface area contributed by atoms with Crippen LogP contribution in [0.5, 0.6) is 0 Å². The third-order valence-corrected chi connectivity index (χ3v) is 4.56. The van der Waals surface area contributed by atoms with E-state index in [1.807, 2.05) is 13.8 Å². The average Bonchev–Trinajstić information content (AvgIpc) is 2.76. The molecule has 0 radical (unpaired) electrons. The normalized spacial score (nSPS) is 12.7. The Balaban J connectivity index is 2.48. The minimum atomic E-state index is 0.171. The van der Waals surface area contributed by atoms with Gasteiger partial charge in [-0.05, 0) is 58.9 Å². The van der Waals surface area contributed by atoms with Crippen molar-refractivity contribution >= 4 is 27.3 Å². The number of hydrogen-bond acceptors (Lipinski definition) is 4. The number of aromatic nitrogens is 2. The highest BCUT2D eigenvalue weighted by Gasteiger charge is 2.19. The molecule has 3 nitrogen and oxygen atoms in total. The summed E-state index contributed by atoms with van der Waals surface area (Å²) < 4.78 is 1.15. The Hall–Kier alpha value is -0.780. The molecule has 0 spiro atoms. The number of aryl methyl sites for hydroxylation is 2. The van der Waals surface area contributed by atoms with Gasteiger partial charge in [0.2, 0.25) is 0 Å². The van der Waals surface area contributed by atoms with Crippen molar-refractivity contribution in [3.63, 3.8) is 0 Å². The molecule has 0 saturated carbocycles. The van der Waals surface area contributed by atoms with E-state index in [2.05, 4.69) is 55.2 Å². The fraction of sp³-hybridized carbons (Fsp3) is 0.385. The molecule has 1 unspecified atom stereocenters. The van der Waals surface area contributed by atoms with Gasteiger partial charge in [-0.15, -0.1) is 0 Å². The molecule has 0 amide bonds. The molecular weight excluding hydrogens is 310 g/mol. The highest BCUT2D eigenvalue weighted by molar-refractivity contribution is 9.10. The van der Waals surface area contributed by atoms with Crippen LogP contribution in [0.15, 0.2) is 21.3 Å². The summed E-state index contributed by atoms with van der Waals surface area (Å²) in [5, 5.41) is 16.1. The lowest BCUT2D eigenvalue weighted by molar-refractivity contribution is 0.620. The van der Waals surface area contributed by atoms with Gasteiger partial charge in [0.1, 0.15) is 0 Å². The molecule has 0 aliphatic carbocycles. The first-order valence-electron chi connectivity index (χ1n) is 5.89. The van der Waals surface area contributed by atoms with E-state index in [0.717, 1.165) is 22.4 Å². The van der Waals surface area contributed by atoms with Gasteiger partial charge in [-0.3, -0.25) is 0 Å². The number of rotatable bonds is 4. The standard InChI is InChI=1S/C13H16BrN3S/c1-4-15-13(11-6-18-7-12(11)14)10-5-8(2)16-17-9(10)3/h5-7,13,15H,4H2,1-3H3. The lowest BCUT2D eigenvalue weighted by Crippen LogP contribution is -2.23. The number of nitrogens with zero attached hydrogens (tertiary/aromatic N) is 2. The summed E-state index contributed by atoms with van der Waals surface area (Å²) in [7, 11) is 0.